The van der Waals surface area contributed by atoms with Gasteiger partial charge in [0.15, 0.2) is 6.61 Å². The second-order valence-corrected chi connectivity index (χ2v) is 5.67. The number of nitrogens with zero attached hydrogens (tertiary/aromatic N) is 2. The highest BCUT2D eigenvalue weighted by molar-refractivity contribution is 6.33. The minimum absolute atomic E-state index is 0.0315. The molecular formula is C16H15ClN2O5. The number of nitro benzene ring substituents is 1. The molecule has 7 nitrogen and oxygen atoms in total. The number of nitro groups is 1. The van der Waals surface area contributed by atoms with Gasteiger partial charge in [0.2, 0.25) is 5.78 Å². The predicted octanol–water partition coefficient (Wildman–Crippen LogP) is 3.24. The maximum atomic E-state index is 12.2. The van der Waals surface area contributed by atoms with Gasteiger partial charge in [0.05, 0.1) is 15.5 Å². The van der Waals surface area contributed by atoms with E-state index in [4.69, 9.17) is 16.3 Å². The molecule has 0 aliphatic heterocycles. The third kappa shape index (κ3) is 3.46. The quantitative estimate of drug-likeness (QED) is 0.357. The zero-order valence-corrected chi connectivity index (χ0v) is 14.1. The zero-order valence-electron chi connectivity index (χ0n) is 13.3. The minimum Gasteiger partial charge on any atom is -0.454 e. The molecule has 0 atom stereocenters. The molecule has 0 radical (unpaired) electrons. The average Bonchev–Trinajstić information content (AvgIpc) is 2.79. The highest BCUT2D eigenvalue weighted by atomic mass is 35.5. The molecular weight excluding hydrogens is 336 g/mol. The molecule has 24 heavy (non-hydrogen) atoms. The summed E-state index contributed by atoms with van der Waals surface area (Å²) >= 11 is 5.86. The lowest BCUT2D eigenvalue weighted by Crippen LogP contribution is -2.15. The fourth-order valence-corrected chi connectivity index (χ4v) is 2.46. The smallest absolute Gasteiger partial charge is 0.340 e. The highest BCUT2D eigenvalue weighted by Crippen LogP contribution is 2.23. The van der Waals surface area contributed by atoms with E-state index in [2.05, 4.69) is 0 Å². The van der Waals surface area contributed by atoms with Crippen molar-refractivity contribution < 1.29 is 19.2 Å². The number of non-ortho nitro benzene ring substituents is 1. The topological polar surface area (TPSA) is 91.4 Å². The molecule has 1 aromatic heterocycles. The monoisotopic (exact) mass is 350 g/mol. The van der Waals surface area contributed by atoms with Gasteiger partial charge in [-0.1, -0.05) is 11.6 Å². The summed E-state index contributed by atoms with van der Waals surface area (Å²) in [6, 6.07) is 5.13. The van der Waals surface area contributed by atoms with E-state index in [1.165, 1.54) is 6.07 Å². The van der Waals surface area contributed by atoms with Crippen molar-refractivity contribution in [3.63, 3.8) is 0 Å². The number of aryl methyl sites for hydroxylation is 1. The maximum absolute atomic E-state index is 12.2. The first kappa shape index (κ1) is 17.7. The van der Waals surface area contributed by atoms with Crippen molar-refractivity contribution in [2.45, 2.75) is 13.8 Å². The van der Waals surface area contributed by atoms with Crippen molar-refractivity contribution in [2.75, 3.05) is 6.61 Å². The number of ketones is 1. The zero-order chi connectivity index (χ0) is 18.0. The van der Waals surface area contributed by atoms with Crippen LogP contribution >= 0.6 is 11.6 Å². The molecule has 0 amide bonds. The van der Waals surface area contributed by atoms with Crippen LogP contribution in [-0.4, -0.2) is 27.8 Å². The van der Waals surface area contributed by atoms with Crippen LogP contribution in [0.25, 0.3) is 0 Å². The Morgan fingerprint density at radius 2 is 1.92 bits per heavy atom. The number of carbonyl (C=O) groups excluding carboxylic acids is 2. The van der Waals surface area contributed by atoms with Gasteiger partial charge in [-0.3, -0.25) is 14.9 Å². The van der Waals surface area contributed by atoms with Gasteiger partial charge < -0.3 is 9.30 Å². The van der Waals surface area contributed by atoms with Crippen LogP contribution < -0.4 is 0 Å². The van der Waals surface area contributed by atoms with E-state index in [1.54, 1.807) is 13.0 Å². The number of rotatable bonds is 5. The van der Waals surface area contributed by atoms with E-state index in [0.29, 0.717) is 5.56 Å². The summed E-state index contributed by atoms with van der Waals surface area (Å²) in [6.07, 6.45) is 0. The first-order valence-electron chi connectivity index (χ1n) is 6.99. The van der Waals surface area contributed by atoms with Gasteiger partial charge in [0, 0.05) is 36.1 Å². The maximum Gasteiger partial charge on any atom is 0.340 e. The van der Waals surface area contributed by atoms with Crippen molar-refractivity contribution in [1.29, 1.82) is 0 Å². The summed E-state index contributed by atoms with van der Waals surface area (Å²) in [5, 5.41) is 10.5. The Kier molecular flexibility index (Phi) is 5.04. The first-order chi connectivity index (χ1) is 11.2. The number of aromatic nitrogens is 1. The molecule has 0 saturated carbocycles. The van der Waals surface area contributed by atoms with Crippen LogP contribution in [0.2, 0.25) is 5.02 Å². The fourth-order valence-electron chi connectivity index (χ4n) is 2.21. The fraction of sp³-hybridized carbons (Fsp3) is 0.250. The van der Waals surface area contributed by atoms with Crippen molar-refractivity contribution in [3.8, 4) is 0 Å². The number of carbonyl (C=O) groups is 2. The normalized spacial score (nSPS) is 10.5. The Hall–Kier alpha value is -2.67. The molecule has 0 fully saturated rings. The van der Waals surface area contributed by atoms with Crippen molar-refractivity contribution in [2.24, 2.45) is 7.05 Å². The van der Waals surface area contributed by atoms with Gasteiger partial charge in [0.25, 0.3) is 5.69 Å². The van der Waals surface area contributed by atoms with Crippen molar-refractivity contribution >= 4 is 29.0 Å². The van der Waals surface area contributed by atoms with Crippen LogP contribution in [0.15, 0.2) is 24.3 Å². The summed E-state index contributed by atoms with van der Waals surface area (Å²) in [7, 11) is 1.84. The van der Waals surface area contributed by atoms with E-state index in [0.717, 1.165) is 23.5 Å². The van der Waals surface area contributed by atoms with E-state index in [-0.39, 0.29) is 22.1 Å². The lowest BCUT2D eigenvalue weighted by atomic mass is 10.1. The Morgan fingerprint density at radius 1 is 1.25 bits per heavy atom. The van der Waals surface area contributed by atoms with Crippen LogP contribution in [-0.2, 0) is 11.8 Å². The Balaban J connectivity index is 2.09. The number of benzene rings is 1. The van der Waals surface area contributed by atoms with E-state index < -0.39 is 17.5 Å². The Morgan fingerprint density at radius 3 is 2.42 bits per heavy atom. The van der Waals surface area contributed by atoms with Gasteiger partial charge in [-0.2, -0.15) is 0 Å². The molecule has 0 N–H and O–H groups in total. The van der Waals surface area contributed by atoms with Crippen LogP contribution in [0, 0.1) is 24.0 Å². The molecule has 0 aliphatic carbocycles. The molecule has 0 unspecified atom stereocenters. The largest absolute Gasteiger partial charge is 0.454 e. The summed E-state index contributed by atoms with van der Waals surface area (Å²) in [5.74, 6) is -1.14. The second kappa shape index (κ2) is 6.84. The Bertz CT molecular complexity index is 841. The second-order valence-electron chi connectivity index (χ2n) is 5.26. The molecule has 0 saturated heterocycles. The first-order valence-corrected chi connectivity index (χ1v) is 7.37. The number of halogens is 1. The van der Waals surface area contributed by atoms with Crippen molar-refractivity contribution in [3.05, 3.63) is 61.9 Å². The summed E-state index contributed by atoms with van der Waals surface area (Å²) in [4.78, 5) is 34.2. The number of esters is 1. The van der Waals surface area contributed by atoms with Gasteiger partial charge in [-0.05, 0) is 26.0 Å². The summed E-state index contributed by atoms with van der Waals surface area (Å²) in [5.41, 5.74) is 1.92. The lowest BCUT2D eigenvalue weighted by Gasteiger charge is -2.06. The van der Waals surface area contributed by atoms with Gasteiger partial charge in [-0.15, -0.1) is 0 Å². The molecule has 0 aliphatic rings. The SMILES string of the molecule is Cc1cc(C(=O)COC(=O)c2ccc([N+](=O)[O-])cc2Cl)c(C)n1C. The van der Waals surface area contributed by atoms with E-state index in [1.807, 2.05) is 18.5 Å². The van der Waals surface area contributed by atoms with Gasteiger partial charge in [-0.25, -0.2) is 4.79 Å². The molecule has 2 rings (SSSR count). The molecule has 8 heteroatoms. The van der Waals surface area contributed by atoms with Gasteiger partial charge >= 0.3 is 5.97 Å². The van der Waals surface area contributed by atoms with Crippen molar-refractivity contribution in [1.82, 2.24) is 4.57 Å². The molecule has 126 valence electrons. The van der Waals surface area contributed by atoms with Crippen LogP contribution in [0.4, 0.5) is 5.69 Å². The van der Waals surface area contributed by atoms with Gasteiger partial charge in [0.1, 0.15) is 0 Å². The highest BCUT2D eigenvalue weighted by Gasteiger charge is 2.19. The molecule has 1 aromatic carbocycles. The third-order valence-corrected chi connectivity index (χ3v) is 4.11. The number of ether oxygens (including phenoxy) is 1. The Labute approximate surface area is 142 Å². The van der Waals surface area contributed by atoms with Crippen LogP contribution in [0.1, 0.15) is 32.1 Å². The average molecular weight is 351 g/mol. The number of Topliss-reactive ketones (excluding diaryl/α,β-unsaturated/α-hetero) is 1. The third-order valence-electron chi connectivity index (χ3n) is 3.79. The molecule has 0 spiro atoms. The predicted molar refractivity (Wildman–Crippen MR) is 87.6 cm³/mol. The van der Waals surface area contributed by atoms with E-state index in [9.17, 15) is 19.7 Å². The molecule has 2 aromatic rings. The minimum atomic E-state index is -0.812. The molecule has 1 heterocycles. The summed E-state index contributed by atoms with van der Waals surface area (Å²) in [6.45, 7) is 3.23. The molecule has 0 bridgehead atoms. The van der Waals surface area contributed by atoms with E-state index >= 15 is 0 Å². The van der Waals surface area contributed by atoms with Crippen LogP contribution in [0.3, 0.4) is 0 Å². The lowest BCUT2D eigenvalue weighted by molar-refractivity contribution is -0.384. The standard InChI is InChI=1S/C16H15ClN2O5/c1-9-6-13(10(2)18(9)3)15(20)8-24-16(21)12-5-4-11(19(22)23)7-14(12)17/h4-7H,8H2,1-3H3. The summed E-state index contributed by atoms with van der Waals surface area (Å²) < 4.78 is 6.84. The number of hydrogen-bond acceptors (Lipinski definition) is 5. The number of hydrogen-bond donors (Lipinski definition) is 0. The van der Waals surface area contributed by atoms with Crippen LogP contribution in [0.5, 0.6) is 0 Å².